The maximum atomic E-state index is 6.47. The first-order chi connectivity index (χ1) is 19.8. The predicted molar refractivity (Wildman–Crippen MR) is 169 cm³/mol. The molecule has 7 heteroatoms. The van der Waals surface area contributed by atoms with Gasteiger partial charge in [-0.1, -0.05) is 76.2 Å². The topological polar surface area (TPSA) is 84.4 Å². The van der Waals surface area contributed by atoms with E-state index < -0.39 is 0 Å². The Balaban J connectivity index is 1.26. The van der Waals surface area contributed by atoms with Gasteiger partial charge in [0.05, 0.1) is 11.2 Å². The van der Waals surface area contributed by atoms with E-state index in [1.165, 1.54) is 0 Å². The molecule has 2 aromatic carbocycles. The van der Waals surface area contributed by atoms with Crippen LogP contribution in [0.1, 0.15) is 52.3 Å². The molecule has 1 aliphatic rings. The molecule has 6 rings (SSSR count). The van der Waals surface area contributed by atoms with Crippen molar-refractivity contribution in [3.8, 4) is 22.5 Å². The number of hydrogen-bond acceptors (Lipinski definition) is 6. The third-order valence-electron chi connectivity index (χ3n) is 8.28. The number of anilines is 1. The monoisotopic (exact) mass is 547 g/mol. The average molecular weight is 548 g/mol. The number of benzene rings is 2. The Morgan fingerprint density at radius 1 is 1.00 bits per heavy atom. The Labute approximate surface area is 242 Å². The second-order valence-electron chi connectivity index (χ2n) is 12.5. The van der Waals surface area contributed by atoms with Crippen molar-refractivity contribution in [2.45, 2.75) is 52.5 Å². The largest absolute Gasteiger partial charge is 0.382 e. The highest BCUT2D eigenvalue weighted by atomic mass is 15.2. The zero-order chi connectivity index (χ0) is 28.6. The Morgan fingerprint density at radius 3 is 2.54 bits per heavy atom. The number of aromatic nitrogens is 4. The molecule has 7 nitrogen and oxygen atoms in total. The van der Waals surface area contributed by atoms with Crippen LogP contribution in [-0.2, 0) is 0 Å². The molecule has 3 N–H and O–H groups in total. The summed E-state index contributed by atoms with van der Waals surface area (Å²) in [5, 5.41) is 4.73. The van der Waals surface area contributed by atoms with Gasteiger partial charge < -0.3 is 11.1 Å². The predicted octanol–water partition coefficient (Wildman–Crippen LogP) is 6.40. The molecule has 5 aromatic rings. The first kappa shape index (κ1) is 27.4. The lowest BCUT2D eigenvalue weighted by atomic mass is 9.78. The van der Waals surface area contributed by atoms with E-state index in [-0.39, 0.29) is 0 Å². The average Bonchev–Trinajstić information content (AvgIpc) is 3.33. The second kappa shape index (κ2) is 11.2. The van der Waals surface area contributed by atoms with E-state index in [4.69, 9.17) is 15.7 Å². The number of likely N-dealkylation sites (N-methyl/N-ethyl adjacent to an activating group) is 1. The van der Waals surface area contributed by atoms with Crippen molar-refractivity contribution in [2.75, 3.05) is 31.9 Å². The number of rotatable bonds is 9. The highest BCUT2D eigenvalue weighted by molar-refractivity contribution is 5.91. The van der Waals surface area contributed by atoms with Crippen molar-refractivity contribution in [3.63, 3.8) is 0 Å². The van der Waals surface area contributed by atoms with Crippen molar-refractivity contribution in [1.82, 2.24) is 29.6 Å². The Hall–Kier alpha value is -3.81. The number of fused-ring (bicyclic) bond motifs is 2. The van der Waals surface area contributed by atoms with E-state index in [1.807, 2.05) is 24.4 Å². The van der Waals surface area contributed by atoms with Gasteiger partial charge in [-0.15, -0.1) is 0 Å². The van der Waals surface area contributed by atoms with Crippen LogP contribution in [0, 0.1) is 5.41 Å². The van der Waals surface area contributed by atoms with Crippen molar-refractivity contribution in [2.24, 2.45) is 5.41 Å². The number of nitrogen functional groups attached to an aromatic ring is 1. The highest BCUT2D eigenvalue weighted by Gasteiger charge is 2.37. The zero-order valence-electron chi connectivity index (χ0n) is 24.6. The molecule has 0 radical (unpaired) electrons. The summed E-state index contributed by atoms with van der Waals surface area (Å²) in [5.41, 5.74) is 12.5. The summed E-state index contributed by atoms with van der Waals surface area (Å²) in [5.74, 6) is 1.97. The lowest BCUT2D eigenvalue weighted by Gasteiger charge is -2.42. The van der Waals surface area contributed by atoms with Crippen LogP contribution in [0.2, 0.25) is 0 Å². The summed E-state index contributed by atoms with van der Waals surface area (Å²) in [6.45, 7) is 13.3. The molecule has 1 fully saturated rings. The minimum atomic E-state index is 0.306. The van der Waals surface area contributed by atoms with Crippen LogP contribution in [0.15, 0.2) is 73.1 Å². The van der Waals surface area contributed by atoms with Gasteiger partial charge in [0, 0.05) is 60.5 Å². The number of pyridine rings is 1. The summed E-state index contributed by atoms with van der Waals surface area (Å²) >= 11 is 0. The van der Waals surface area contributed by atoms with Crippen LogP contribution in [0.3, 0.4) is 0 Å². The molecule has 0 saturated heterocycles. The third-order valence-corrected chi connectivity index (χ3v) is 8.28. The summed E-state index contributed by atoms with van der Waals surface area (Å²) in [7, 11) is 0. The lowest BCUT2D eigenvalue weighted by molar-refractivity contribution is 0.111. The van der Waals surface area contributed by atoms with E-state index in [1.54, 1.807) is 6.20 Å². The van der Waals surface area contributed by atoms with E-state index in [0.29, 0.717) is 23.2 Å². The van der Waals surface area contributed by atoms with Crippen LogP contribution in [0.25, 0.3) is 38.9 Å². The second-order valence-corrected chi connectivity index (χ2v) is 12.5. The van der Waals surface area contributed by atoms with Gasteiger partial charge in [-0.3, -0.25) is 9.30 Å². The van der Waals surface area contributed by atoms with Crippen LogP contribution >= 0.6 is 0 Å². The van der Waals surface area contributed by atoms with Gasteiger partial charge in [-0.25, -0.2) is 15.0 Å². The van der Waals surface area contributed by atoms with Crippen molar-refractivity contribution in [1.29, 1.82) is 0 Å². The third kappa shape index (κ3) is 5.69. The molecular formula is C34H41N7. The smallest absolute Gasteiger partial charge is 0.150 e. The molecule has 0 bridgehead atoms. The van der Waals surface area contributed by atoms with Gasteiger partial charge in [0.2, 0.25) is 0 Å². The van der Waals surface area contributed by atoms with Gasteiger partial charge in [0.1, 0.15) is 22.9 Å². The molecule has 0 unspecified atom stereocenters. The van der Waals surface area contributed by atoms with Gasteiger partial charge in [-0.05, 0) is 36.9 Å². The summed E-state index contributed by atoms with van der Waals surface area (Å²) < 4.78 is 2.16. The van der Waals surface area contributed by atoms with Crippen molar-refractivity contribution >= 4 is 22.2 Å². The van der Waals surface area contributed by atoms with Crippen LogP contribution in [0.4, 0.5) is 5.82 Å². The van der Waals surface area contributed by atoms with Crippen molar-refractivity contribution in [3.05, 3.63) is 78.9 Å². The summed E-state index contributed by atoms with van der Waals surface area (Å²) in [6.07, 6.45) is 5.99. The van der Waals surface area contributed by atoms with E-state index in [0.717, 1.165) is 83.8 Å². The molecule has 41 heavy (non-hydrogen) atoms. The molecule has 3 heterocycles. The first-order valence-corrected chi connectivity index (χ1v) is 14.8. The summed E-state index contributed by atoms with van der Waals surface area (Å²) in [6, 6.07) is 21.5. The number of hydrogen-bond donors (Lipinski definition) is 2. The molecule has 0 spiro atoms. The summed E-state index contributed by atoms with van der Waals surface area (Å²) in [4.78, 5) is 17.3. The number of imidazole rings is 1. The highest BCUT2D eigenvalue weighted by Crippen LogP contribution is 2.42. The van der Waals surface area contributed by atoms with Crippen LogP contribution < -0.4 is 11.1 Å². The molecule has 1 saturated carbocycles. The maximum absolute atomic E-state index is 6.47. The van der Waals surface area contributed by atoms with E-state index in [2.05, 4.69) is 89.8 Å². The number of nitrogens with zero attached hydrogens (tertiary/aromatic N) is 5. The minimum absolute atomic E-state index is 0.306. The Morgan fingerprint density at radius 2 is 1.78 bits per heavy atom. The lowest BCUT2D eigenvalue weighted by Crippen LogP contribution is -2.47. The van der Waals surface area contributed by atoms with Gasteiger partial charge >= 0.3 is 0 Å². The molecule has 3 aromatic heterocycles. The zero-order valence-corrected chi connectivity index (χ0v) is 24.6. The molecular weight excluding hydrogens is 506 g/mol. The fraction of sp³-hybridized carbons (Fsp3) is 0.382. The van der Waals surface area contributed by atoms with Crippen LogP contribution in [-0.4, -0.2) is 56.5 Å². The maximum Gasteiger partial charge on any atom is 0.150 e. The number of nitrogens with two attached hydrogens (primary N) is 1. The standard InChI is InChI=1S/C34H41N7/c1-5-40(17-15-36-22-34(2,3)4)27-19-26(20-27)33-39-30(31-32(35)37-16-18-41(31)33)25-12-11-24-13-14-28(38-29(24)21-25)23-9-7-6-8-10-23/h6-14,16,18,21,26-27,36H,5,15,17,19-20,22H2,1-4H3,(H2,35,37). The Bertz CT molecular complexity index is 1650. The molecule has 0 atom stereocenters. The Kier molecular flexibility index (Phi) is 7.49. The van der Waals surface area contributed by atoms with Gasteiger partial charge in [0.15, 0.2) is 0 Å². The van der Waals surface area contributed by atoms with Gasteiger partial charge in [-0.2, -0.15) is 0 Å². The SMILES string of the molecule is CCN(CCNCC(C)(C)C)C1CC(c2nc(-c3ccc4ccc(-c5ccccc5)nc4c3)c3c(N)nccn23)C1. The first-order valence-electron chi connectivity index (χ1n) is 14.8. The fourth-order valence-electron chi connectivity index (χ4n) is 5.99. The minimum Gasteiger partial charge on any atom is -0.382 e. The van der Waals surface area contributed by atoms with Gasteiger partial charge in [0.25, 0.3) is 0 Å². The van der Waals surface area contributed by atoms with Crippen molar-refractivity contribution < 1.29 is 0 Å². The number of nitrogens with one attached hydrogen (secondary N) is 1. The molecule has 1 aliphatic carbocycles. The fourth-order valence-corrected chi connectivity index (χ4v) is 5.99. The van der Waals surface area contributed by atoms with E-state index >= 15 is 0 Å². The van der Waals surface area contributed by atoms with Crippen LogP contribution in [0.5, 0.6) is 0 Å². The molecule has 212 valence electrons. The normalized spacial score (nSPS) is 17.4. The van der Waals surface area contributed by atoms with E-state index in [9.17, 15) is 0 Å². The quantitative estimate of drug-likeness (QED) is 0.208. The molecule has 0 amide bonds. The molecule has 0 aliphatic heterocycles.